The minimum atomic E-state index is -0.0211. The van der Waals surface area contributed by atoms with Crippen LogP contribution in [-0.2, 0) is 4.79 Å². The minimum Gasteiger partial charge on any atom is -0.350 e. The van der Waals surface area contributed by atoms with Crippen LogP contribution in [0.5, 0.6) is 0 Å². The second-order valence-corrected chi connectivity index (χ2v) is 9.61. The molecule has 0 aliphatic heterocycles. The van der Waals surface area contributed by atoms with E-state index >= 15 is 0 Å². The second kappa shape index (κ2) is 7.99. The molecule has 4 atom stereocenters. The Bertz CT molecular complexity index is 1140. The van der Waals surface area contributed by atoms with Gasteiger partial charge in [-0.15, -0.1) is 0 Å². The molecule has 2 heterocycles. The van der Waals surface area contributed by atoms with Crippen molar-refractivity contribution in [2.45, 2.75) is 52.5 Å². The monoisotopic (exact) mass is 413 g/mol. The van der Waals surface area contributed by atoms with E-state index in [2.05, 4.69) is 66.9 Å². The number of fused-ring (bicyclic) bond motifs is 3. The Labute approximate surface area is 184 Å². The van der Waals surface area contributed by atoms with Crippen LogP contribution in [0.3, 0.4) is 0 Å². The van der Waals surface area contributed by atoms with Gasteiger partial charge in [0.1, 0.15) is 5.65 Å². The molecule has 2 aromatic heterocycles. The molecule has 160 valence electrons. The Morgan fingerprint density at radius 1 is 1.13 bits per heavy atom. The Balaban J connectivity index is 1.40. The first-order valence-corrected chi connectivity index (χ1v) is 11.5. The Morgan fingerprint density at radius 3 is 2.65 bits per heavy atom. The molecular formula is C27H31N3O. The SMILES string of the molecule is Cc1ccc(-c2nc3cc(C)ccn3c2/C=C/C(=O)NC(C)C2CC3CCC2C3)cc1. The molecule has 1 amide bonds. The van der Waals surface area contributed by atoms with Crippen molar-refractivity contribution in [3.05, 3.63) is 65.5 Å². The van der Waals surface area contributed by atoms with E-state index in [4.69, 9.17) is 4.98 Å². The van der Waals surface area contributed by atoms with E-state index in [0.29, 0.717) is 5.92 Å². The summed E-state index contributed by atoms with van der Waals surface area (Å²) in [4.78, 5) is 17.6. The maximum atomic E-state index is 12.8. The number of nitrogens with one attached hydrogen (secondary N) is 1. The minimum absolute atomic E-state index is 0.0211. The van der Waals surface area contributed by atoms with E-state index in [1.165, 1.54) is 36.8 Å². The Morgan fingerprint density at radius 2 is 1.94 bits per heavy atom. The van der Waals surface area contributed by atoms with Crippen molar-refractivity contribution in [1.29, 1.82) is 0 Å². The van der Waals surface area contributed by atoms with Crippen LogP contribution < -0.4 is 5.32 Å². The van der Waals surface area contributed by atoms with Gasteiger partial charge in [-0.25, -0.2) is 4.98 Å². The van der Waals surface area contributed by atoms with Crippen molar-refractivity contribution in [1.82, 2.24) is 14.7 Å². The van der Waals surface area contributed by atoms with Crippen molar-refractivity contribution in [3.8, 4) is 11.3 Å². The quantitative estimate of drug-likeness (QED) is 0.556. The zero-order valence-electron chi connectivity index (χ0n) is 18.6. The Kier molecular flexibility index (Phi) is 5.17. The lowest BCUT2D eigenvalue weighted by Crippen LogP contribution is -2.39. The number of imidazole rings is 1. The van der Waals surface area contributed by atoms with Crippen LogP contribution in [-0.4, -0.2) is 21.3 Å². The summed E-state index contributed by atoms with van der Waals surface area (Å²) in [5.41, 5.74) is 6.17. The molecule has 3 aromatic rings. The van der Waals surface area contributed by atoms with Gasteiger partial charge in [0.25, 0.3) is 0 Å². The summed E-state index contributed by atoms with van der Waals surface area (Å²) in [6.45, 7) is 6.32. The topological polar surface area (TPSA) is 46.4 Å². The molecule has 0 saturated heterocycles. The number of hydrogen-bond donors (Lipinski definition) is 1. The van der Waals surface area contributed by atoms with E-state index in [-0.39, 0.29) is 11.9 Å². The van der Waals surface area contributed by atoms with Crippen molar-refractivity contribution in [2.75, 3.05) is 0 Å². The van der Waals surface area contributed by atoms with E-state index in [1.54, 1.807) is 6.08 Å². The summed E-state index contributed by atoms with van der Waals surface area (Å²) in [5.74, 6) is 2.31. The first-order chi connectivity index (χ1) is 15.0. The Hall–Kier alpha value is -2.88. The van der Waals surface area contributed by atoms with Gasteiger partial charge in [-0.1, -0.05) is 36.2 Å². The highest BCUT2D eigenvalue weighted by atomic mass is 16.1. The molecule has 4 heteroatoms. The van der Waals surface area contributed by atoms with Crippen LogP contribution in [0.4, 0.5) is 0 Å². The summed E-state index contributed by atoms with van der Waals surface area (Å²) in [6, 6.07) is 12.8. The van der Waals surface area contributed by atoms with Crippen molar-refractivity contribution < 1.29 is 4.79 Å². The fraction of sp³-hybridized carbons (Fsp3) is 0.407. The number of hydrogen-bond acceptors (Lipinski definition) is 2. The van der Waals surface area contributed by atoms with Crippen molar-refractivity contribution in [2.24, 2.45) is 17.8 Å². The van der Waals surface area contributed by atoms with Crippen LogP contribution in [0.2, 0.25) is 0 Å². The number of aryl methyl sites for hydroxylation is 2. The first-order valence-electron chi connectivity index (χ1n) is 11.5. The number of carbonyl (C=O) groups is 1. The van der Waals surface area contributed by atoms with Gasteiger partial charge in [-0.3, -0.25) is 9.20 Å². The van der Waals surface area contributed by atoms with Gasteiger partial charge in [0.05, 0.1) is 11.4 Å². The van der Waals surface area contributed by atoms with Gasteiger partial charge in [0.15, 0.2) is 0 Å². The molecule has 4 unspecified atom stereocenters. The average Bonchev–Trinajstić information content (AvgIpc) is 3.46. The molecule has 2 bridgehead atoms. The van der Waals surface area contributed by atoms with E-state index < -0.39 is 0 Å². The van der Waals surface area contributed by atoms with Crippen LogP contribution in [0.15, 0.2) is 48.7 Å². The maximum Gasteiger partial charge on any atom is 0.244 e. The van der Waals surface area contributed by atoms with E-state index in [9.17, 15) is 4.79 Å². The summed E-state index contributed by atoms with van der Waals surface area (Å²) in [7, 11) is 0. The van der Waals surface area contributed by atoms with Crippen LogP contribution in [0.25, 0.3) is 23.0 Å². The molecule has 2 fully saturated rings. The number of rotatable bonds is 5. The van der Waals surface area contributed by atoms with Crippen LogP contribution >= 0.6 is 0 Å². The van der Waals surface area contributed by atoms with Crippen LogP contribution in [0, 0.1) is 31.6 Å². The highest BCUT2D eigenvalue weighted by Crippen LogP contribution is 2.49. The second-order valence-electron chi connectivity index (χ2n) is 9.61. The van der Waals surface area contributed by atoms with Gasteiger partial charge in [0.2, 0.25) is 5.91 Å². The molecule has 4 nitrogen and oxygen atoms in total. The highest BCUT2D eigenvalue weighted by Gasteiger charge is 2.41. The first kappa shape index (κ1) is 20.0. The van der Waals surface area contributed by atoms with Gasteiger partial charge < -0.3 is 5.32 Å². The van der Waals surface area contributed by atoms with Crippen molar-refractivity contribution in [3.63, 3.8) is 0 Å². The maximum absolute atomic E-state index is 12.8. The molecule has 31 heavy (non-hydrogen) atoms. The number of carbonyl (C=O) groups excluding carboxylic acids is 1. The summed E-state index contributed by atoms with van der Waals surface area (Å²) in [6.07, 6.45) is 11.0. The molecule has 2 aliphatic rings. The van der Waals surface area contributed by atoms with Crippen LogP contribution in [0.1, 0.15) is 49.4 Å². The zero-order valence-corrected chi connectivity index (χ0v) is 18.6. The molecule has 0 radical (unpaired) electrons. The number of benzene rings is 1. The summed E-state index contributed by atoms with van der Waals surface area (Å²) in [5, 5.41) is 3.24. The highest BCUT2D eigenvalue weighted by molar-refractivity contribution is 5.93. The zero-order chi connectivity index (χ0) is 21.5. The number of pyridine rings is 1. The molecule has 2 saturated carbocycles. The van der Waals surface area contributed by atoms with Gasteiger partial charge >= 0.3 is 0 Å². The molecule has 1 aromatic carbocycles. The largest absolute Gasteiger partial charge is 0.350 e. The van der Waals surface area contributed by atoms with Gasteiger partial charge in [0, 0.05) is 23.9 Å². The molecule has 0 spiro atoms. The standard InChI is InChI=1S/C27H31N3O/c1-17-4-7-21(8-5-17)27-24(30-13-12-18(2)14-25(30)29-27)10-11-26(31)28-19(3)23-16-20-6-9-22(23)15-20/h4-5,7-8,10-14,19-20,22-23H,6,9,15-16H2,1-3H3,(H,28,31)/b11-10+. The lowest BCUT2D eigenvalue weighted by molar-refractivity contribution is -0.117. The summed E-state index contributed by atoms with van der Waals surface area (Å²) >= 11 is 0. The van der Waals surface area contributed by atoms with E-state index in [0.717, 1.165) is 34.4 Å². The number of amides is 1. The molecule has 5 rings (SSSR count). The molecule has 1 N–H and O–H groups in total. The lowest BCUT2D eigenvalue weighted by Gasteiger charge is -2.28. The van der Waals surface area contributed by atoms with Gasteiger partial charge in [-0.05, 0) is 81.6 Å². The van der Waals surface area contributed by atoms with Crippen molar-refractivity contribution >= 4 is 17.6 Å². The summed E-state index contributed by atoms with van der Waals surface area (Å²) < 4.78 is 2.06. The fourth-order valence-electron chi connectivity index (χ4n) is 5.69. The normalized spacial score (nSPS) is 23.6. The third-order valence-electron chi connectivity index (χ3n) is 7.34. The van der Waals surface area contributed by atoms with Gasteiger partial charge in [-0.2, -0.15) is 0 Å². The smallest absolute Gasteiger partial charge is 0.244 e. The predicted molar refractivity (Wildman–Crippen MR) is 126 cm³/mol. The fourth-order valence-corrected chi connectivity index (χ4v) is 5.69. The average molecular weight is 414 g/mol. The third kappa shape index (κ3) is 3.91. The lowest BCUT2D eigenvalue weighted by atomic mass is 9.84. The molecular weight excluding hydrogens is 382 g/mol. The number of aromatic nitrogens is 2. The van der Waals surface area contributed by atoms with E-state index in [1.807, 2.05) is 12.3 Å². The third-order valence-corrected chi connectivity index (χ3v) is 7.34. The molecule has 2 aliphatic carbocycles. The number of nitrogens with zero attached hydrogens (tertiary/aromatic N) is 2. The predicted octanol–water partition coefficient (Wildman–Crippen LogP) is 5.57.